The van der Waals surface area contributed by atoms with Gasteiger partial charge in [0.25, 0.3) is 0 Å². The van der Waals surface area contributed by atoms with Crippen molar-refractivity contribution in [1.29, 1.82) is 0 Å². The molecule has 2 aromatic rings. The maximum Gasteiger partial charge on any atom is 0.0387 e. The van der Waals surface area contributed by atoms with Gasteiger partial charge in [0.1, 0.15) is 0 Å². The normalized spacial score (nSPS) is 13.5. The molecular formula is C15H15N. The summed E-state index contributed by atoms with van der Waals surface area (Å²) < 4.78 is 0. The maximum absolute atomic E-state index is 3.43. The molecule has 16 heavy (non-hydrogen) atoms. The van der Waals surface area contributed by atoms with Crippen LogP contribution in [-0.2, 0) is 12.8 Å². The Hall–Kier alpha value is -1.76. The van der Waals surface area contributed by atoms with Crippen molar-refractivity contribution in [2.45, 2.75) is 19.3 Å². The lowest BCUT2D eigenvalue weighted by Gasteiger charge is -2.08. The number of nitrogens with one attached hydrogen (secondary N) is 1. The van der Waals surface area contributed by atoms with Crippen LogP contribution in [0.25, 0.3) is 0 Å². The molecule has 0 heterocycles. The van der Waals surface area contributed by atoms with E-state index < -0.39 is 0 Å². The van der Waals surface area contributed by atoms with Gasteiger partial charge in [-0.3, -0.25) is 0 Å². The van der Waals surface area contributed by atoms with Gasteiger partial charge >= 0.3 is 0 Å². The predicted molar refractivity (Wildman–Crippen MR) is 68.2 cm³/mol. The minimum absolute atomic E-state index is 1.15. The van der Waals surface area contributed by atoms with Crippen LogP contribution >= 0.6 is 0 Å². The number of rotatable bonds is 2. The zero-order valence-electron chi connectivity index (χ0n) is 9.24. The number of hydrogen-bond acceptors (Lipinski definition) is 1. The van der Waals surface area contributed by atoms with Gasteiger partial charge in [0, 0.05) is 11.4 Å². The van der Waals surface area contributed by atoms with E-state index in [9.17, 15) is 0 Å². The molecule has 3 rings (SSSR count). The second-order valence-electron chi connectivity index (χ2n) is 4.33. The summed E-state index contributed by atoms with van der Waals surface area (Å²) >= 11 is 0. The van der Waals surface area contributed by atoms with E-state index in [-0.39, 0.29) is 0 Å². The van der Waals surface area contributed by atoms with Gasteiger partial charge in [-0.2, -0.15) is 0 Å². The van der Waals surface area contributed by atoms with Crippen molar-refractivity contribution in [1.82, 2.24) is 0 Å². The predicted octanol–water partition coefficient (Wildman–Crippen LogP) is 3.92. The monoisotopic (exact) mass is 209 g/mol. The summed E-state index contributed by atoms with van der Waals surface area (Å²) in [5.41, 5.74) is 5.40. The Morgan fingerprint density at radius 2 is 1.56 bits per heavy atom. The van der Waals surface area contributed by atoms with Gasteiger partial charge in [0.2, 0.25) is 0 Å². The number of hydrogen-bond donors (Lipinski definition) is 1. The molecule has 0 aromatic heterocycles. The lowest BCUT2D eigenvalue weighted by Crippen LogP contribution is -1.91. The molecule has 2 aromatic carbocycles. The molecule has 0 bridgehead atoms. The summed E-state index contributed by atoms with van der Waals surface area (Å²) in [6, 6.07) is 17.0. The molecule has 0 saturated carbocycles. The summed E-state index contributed by atoms with van der Waals surface area (Å²) in [4.78, 5) is 0. The summed E-state index contributed by atoms with van der Waals surface area (Å²) in [5.74, 6) is 0. The molecule has 0 saturated heterocycles. The number of para-hydroxylation sites is 1. The maximum atomic E-state index is 3.43. The molecule has 1 N–H and O–H groups in total. The molecule has 0 spiro atoms. The van der Waals surface area contributed by atoms with Crippen molar-refractivity contribution in [3.63, 3.8) is 0 Å². The van der Waals surface area contributed by atoms with Gasteiger partial charge < -0.3 is 5.32 Å². The highest BCUT2D eigenvalue weighted by atomic mass is 14.9. The molecule has 80 valence electrons. The molecular weight excluding hydrogens is 194 g/mol. The van der Waals surface area contributed by atoms with Gasteiger partial charge in [-0.1, -0.05) is 24.3 Å². The molecule has 1 aliphatic rings. The van der Waals surface area contributed by atoms with E-state index in [1.54, 1.807) is 0 Å². The van der Waals surface area contributed by atoms with Gasteiger partial charge in [-0.15, -0.1) is 0 Å². The first-order chi connectivity index (χ1) is 7.92. The zero-order chi connectivity index (χ0) is 10.8. The zero-order valence-corrected chi connectivity index (χ0v) is 9.24. The molecule has 0 radical (unpaired) electrons. The SMILES string of the molecule is c1ccc(Nc2ccc3c(c2)CCC3)cc1. The van der Waals surface area contributed by atoms with Crippen LogP contribution in [0.2, 0.25) is 0 Å². The molecule has 1 heteroatoms. The second-order valence-corrected chi connectivity index (χ2v) is 4.33. The van der Waals surface area contributed by atoms with Crippen LogP contribution in [-0.4, -0.2) is 0 Å². The minimum Gasteiger partial charge on any atom is -0.356 e. The van der Waals surface area contributed by atoms with E-state index in [0.29, 0.717) is 0 Å². The summed E-state index contributed by atoms with van der Waals surface area (Å²) in [6.45, 7) is 0. The number of benzene rings is 2. The average molecular weight is 209 g/mol. The Bertz CT molecular complexity index is 488. The van der Waals surface area contributed by atoms with Crippen molar-refractivity contribution in [3.05, 3.63) is 59.7 Å². The first-order valence-electron chi connectivity index (χ1n) is 5.86. The third-order valence-electron chi connectivity index (χ3n) is 3.16. The van der Waals surface area contributed by atoms with E-state index in [4.69, 9.17) is 0 Å². The molecule has 0 fully saturated rings. The molecule has 0 amide bonds. The fourth-order valence-corrected chi connectivity index (χ4v) is 2.34. The largest absolute Gasteiger partial charge is 0.356 e. The van der Waals surface area contributed by atoms with Crippen LogP contribution in [0.15, 0.2) is 48.5 Å². The summed E-state index contributed by atoms with van der Waals surface area (Å²) in [7, 11) is 0. The van der Waals surface area contributed by atoms with E-state index in [2.05, 4.69) is 47.8 Å². The molecule has 0 atom stereocenters. The van der Waals surface area contributed by atoms with E-state index in [1.165, 1.54) is 36.1 Å². The first-order valence-corrected chi connectivity index (χ1v) is 5.86. The highest BCUT2D eigenvalue weighted by molar-refractivity contribution is 5.61. The van der Waals surface area contributed by atoms with Crippen LogP contribution in [0.1, 0.15) is 17.5 Å². The van der Waals surface area contributed by atoms with Crippen molar-refractivity contribution < 1.29 is 0 Å². The Morgan fingerprint density at radius 1 is 0.750 bits per heavy atom. The highest BCUT2D eigenvalue weighted by Crippen LogP contribution is 2.26. The molecule has 0 aliphatic heterocycles. The number of anilines is 2. The molecule has 1 nitrogen and oxygen atoms in total. The molecule has 1 aliphatic carbocycles. The van der Waals surface area contributed by atoms with Crippen LogP contribution in [0, 0.1) is 0 Å². The van der Waals surface area contributed by atoms with Crippen LogP contribution < -0.4 is 5.32 Å². The van der Waals surface area contributed by atoms with Crippen LogP contribution in [0.5, 0.6) is 0 Å². The van der Waals surface area contributed by atoms with E-state index in [0.717, 1.165) is 5.69 Å². The third kappa shape index (κ3) is 1.81. The van der Waals surface area contributed by atoms with E-state index in [1.807, 2.05) is 6.07 Å². The first kappa shape index (κ1) is 9.46. The lowest BCUT2D eigenvalue weighted by atomic mass is 10.1. The Kier molecular flexibility index (Phi) is 2.37. The smallest absolute Gasteiger partial charge is 0.0387 e. The Morgan fingerprint density at radius 3 is 2.44 bits per heavy atom. The minimum atomic E-state index is 1.15. The summed E-state index contributed by atoms with van der Waals surface area (Å²) in [5, 5.41) is 3.43. The van der Waals surface area contributed by atoms with Gasteiger partial charge in [0.05, 0.1) is 0 Å². The lowest BCUT2D eigenvalue weighted by molar-refractivity contribution is 0.912. The fraction of sp³-hybridized carbons (Fsp3) is 0.200. The molecule has 0 unspecified atom stereocenters. The van der Waals surface area contributed by atoms with Gasteiger partial charge in [0.15, 0.2) is 0 Å². The van der Waals surface area contributed by atoms with Gasteiger partial charge in [-0.05, 0) is 54.7 Å². The average Bonchev–Trinajstić information content (AvgIpc) is 2.77. The second kappa shape index (κ2) is 4.01. The highest BCUT2D eigenvalue weighted by Gasteiger charge is 2.10. The standard InChI is InChI=1S/C15H15N/c1-2-7-14(8-3-1)16-15-10-9-12-5-4-6-13(12)11-15/h1-3,7-11,16H,4-6H2. The van der Waals surface area contributed by atoms with Crippen LogP contribution in [0.4, 0.5) is 11.4 Å². The Balaban J connectivity index is 1.86. The third-order valence-corrected chi connectivity index (χ3v) is 3.16. The number of aryl methyl sites for hydroxylation is 2. The number of fused-ring (bicyclic) bond motifs is 1. The summed E-state index contributed by atoms with van der Waals surface area (Å²) in [6.07, 6.45) is 3.80. The van der Waals surface area contributed by atoms with Crippen LogP contribution in [0.3, 0.4) is 0 Å². The topological polar surface area (TPSA) is 12.0 Å². The van der Waals surface area contributed by atoms with Gasteiger partial charge in [-0.25, -0.2) is 0 Å². The van der Waals surface area contributed by atoms with Crippen molar-refractivity contribution >= 4 is 11.4 Å². The van der Waals surface area contributed by atoms with Crippen molar-refractivity contribution in [2.24, 2.45) is 0 Å². The Labute approximate surface area is 96.1 Å². The quantitative estimate of drug-likeness (QED) is 0.790. The van der Waals surface area contributed by atoms with Crippen molar-refractivity contribution in [3.8, 4) is 0 Å². The van der Waals surface area contributed by atoms with Crippen molar-refractivity contribution in [2.75, 3.05) is 5.32 Å². The fourth-order valence-electron chi connectivity index (χ4n) is 2.34. The van der Waals surface area contributed by atoms with E-state index >= 15 is 0 Å².